The summed E-state index contributed by atoms with van der Waals surface area (Å²) in [7, 11) is 0. The summed E-state index contributed by atoms with van der Waals surface area (Å²) in [6, 6.07) is 88.8. The summed E-state index contributed by atoms with van der Waals surface area (Å²) in [5, 5.41) is 3.62. The Labute approximate surface area is 362 Å². The largest absolute Gasteiger partial charge is 0.455 e. The van der Waals surface area contributed by atoms with Crippen molar-refractivity contribution in [2.24, 2.45) is 0 Å². The van der Waals surface area contributed by atoms with Crippen molar-refractivity contribution in [2.45, 2.75) is 0 Å². The van der Waals surface area contributed by atoms with Gasteiger partial charge in [0, 0.05) is 33.6 Å². The number of furan rings is 1. The third-order valence-corrected chi connectivity index (χ3v) is 11.9. The van der Waals surface area contributed by atoms with Crippen molar-refractivity contribution in [3.05, 3.63) is 249 Å². The van der Waals surface area contributed by atoms with Gasteiger partial charge in [-0.1, -0.05) is 200 Å². The minimum atomic E-state index is 0.887. The Balaban J connectivity index is 0.899. The highest BCUT2D eigenvalue weighted by atomic mass is 16.3. The zero-order valence-corrected chi connectivity index (χ0v) is 34.0. The monoisotopic (exact) mass is 791 g/mol. The molecule has 0 N–H and O–H groups in total. The van der Waals surface area contributed by atoms with Crippen LogP contribution in [0.2, 0.25) is 0 Å². The third-order valence-electron chi connectivity index (χ3n) is 11.9. The van der Waals surface area contributed by atoms with Gasteiger partial charge < -0.3 is 9.32 Å². The number of rotatable bonds is 9. The molecule has 62 heavy (non-hydrogen) atoms. The maximum Gasteiger partial charge on any atom is 0.143 e. The van der Waals surface area contributed by atoms with Crippen LogP contribution in [0, 0.1) is 0 Å². The average molecular weight is 792 g/mol. The molecule has 0 fully saturated rings. The van der Waals surface area contributed by atoms with E-state index in [-0.39, 0.29) is 0 Å². The fourth-order valence-corrected chi connectivity index (χ4v) is 8.79. The Bertz CT molecular complexity index is 3290. The highest BCUT2D eigenvalue weighted by molar-refractivity contribution is 6.02. The van der Waals surface area contributed by atoms with Crippen molar-refractivity contribution in [3.63, 3.8) is 0 Å². The molecule has 2 nitrogen and oxygen atoms in total. The molecule has 1 heterocycles. The lowest BCUT2D eigenvalue weighted by atomic mass is 9.95. The summed E-state index contributed by atoms with van der Waals surface area (Å²) >= 11 is 0. The van der Waals surface area contributed by atoms with Crippen molar-refractivity contribution < 1.29 is 4.42 Å². The number of hydrogen-bond acceptors (Lipinski definition) is 2. The molecule has 1 aromatic heterocycles. The van der Waals surface area contributed by atoms with Gasteiger partial charge in [0.05, 0.1) is 0 Å². The first-order valence-electron chi connectivity index (χ1n) is 21.2. The topological polar surface area (TPSA) is 16.4 Å². The molecule has 0 saturated carbocycles. The van der Waals surface area contributed by atoms with Gasteiger partial charge in [-0.15, -0.1) is 0 Å². The lowest BCUT2D eigenvalue weighted by Gasteiger charge is -2.26. The van der Waals surface area contributed by atoms with Gasteiger partial charge in [-0.3, -0.25) is 0 Å². The van der Waals surface area contributed by atoms with Crippen molar-refractivity contribution in [3.8, 4) is 67.0 Å². The van der Waals surface area contributed by atoms with Gasteiger partial charge >= 0.3 is 0 Å². The van der Waals surface area contributed by atoms with E-state index in [2.05, 4.69) is 241 Å². The molecule has 0 saturated heterocycles. The summed E-state index contributed by atoms with van der Waals surface area (Å²) in [4.78, 5) is 2.34. The van der Waals surface area contributed by atoms with E-state index in [9.17, 15) is 0 Å². The molecule has 0 aliphatic heterocycles. The summed E-state index contributed by atoms with van der Waals surface area (Å²) < 4.78 is 6.55. The Hall–Kier alpha value is -8.20. The van der Waals surface area contributed by atoms with Gasteiger partial charge in [0.1, 0.15) is 11.3 Å². The number of para-hydroxylation sites is 1. The van der Waals surface area contributed by atoms with Gasteiger partial charge in [0.2, 0.25) is 0 Å². The highest BCUT2D eigenvalue weighted by Gasteiger charge is 2.18. The summed E-state index contributed by atoms with van der Waals surface area (Å²) in [6.07, 6.45) is 0. The molecule has 292 valence electrons. The van der Waals surface area contributed by atoms with Crippen LogP contribution in [0.4, 0.5) is 17.1 Å². The molecule has 11 rings (SSSR count). The first-order chi connectivity index (χ1) is 30.7. The number of fused-ring (bicyclic) bond motifs is 2. The average Bonchev–Trinajstić information content (AvgIpc) is 3.75. The van der Waals surface area contributed by atoms with Gasteiger partial charge in [-0.05, 0) is 109 Å². The lowest BCUT2D eigenvalue weighted by Crippen LogP contribution is -2.09. The molecule has 0 radical (unpaired) electrons. The summed E-state index contributed by atoms with van der Waals surface area (Å²) in [6.45, 7) is 0. The van der Waals surface area contributed by atoms with Gasteiger partial charge in [0.25, 0.3) is 0 Å². The summed E-state index contributed by atoms with van der Waals surface area (Å²) in [5.74, 6) is 0.887. The molecule has 0 amide bonds. The van der Waals surface area contributed by atoms with Crippen LogP contribution in [-0.4, -0.2) is 0 Å². The maximum absolute atomic E-state index is 6.55. The lowest BCUT2D eigenvalue weighted by molar-refractivity contribution is 0.632. The van der Waals surface area contributed by atoms with E-state index in [1.54, 1.807) is 0 Å². The fraction of sp³-hybridized carbons (Fsp3) is 0. The molecule has 0 bridgehead atoms. The molecule has 0 atom stereocenters. The Morgan fingerprint density at radius 3 is 1.32 bits per heavy atom. The Morgan fingerprint density at radius 1 is 0.274 bits per heavy atom. The standard InChI is InChI=1S/C60H41NO/c1-3-13-42(14-4-1)44-29-35-52(36-30-44)61(54-39-33-48(34-40-54)56-23-12-18-47-15-7-8-21-55(47)56)53-37-31-45(32-38-53)43-25-27-46(28-26-43)50-19-11-20-51(41-50)60-59(49-16-5-2-6-17-49)57-22-9-10-24-58(57)62-60/h1-41H. The van der Waals surface area contributed by atoms with Crippen LogP contribution in [0.25, 0.3) is 88.7 Å². The van der Waals surface area contributed by atoms with E-state index in [1.807, 2.05) is 12.1 Å². The van der Waals surface area contributed by atoms with E-state index >= 15 is 0 Å². The molecular formula is C60H41NO. The minimum Gasteiger partial charge on any atom is -0.455 e. The van der Waals surface area contributed by atoms with Crippen LogP contribution < -0.4 is 4.90 Å². The van der Waals surface area contributed by atoms with E-state index in [0.717, 1.165) is 67.2 Å². The van der Waals surface area contributed by atoms with E-state index in [1.165, 1.54) is 38.6 Å². The first-order valence-corrected chi connectivity index (χ1v) is 21.2. The van der Waals surface area contributed by atoms with Gasteiger partial charge in [0.15, 0.2) is 0 Å². The predicted octanol–water partition coefficient (Wildman–Crippen LogP) is 17.1. The minimum absolute atomic E-state index is 0.887. The number of benzene rings is 10. The van der Waals surface area contributed by atoms with Crippen LogP contribution in [-0.2, 0) is 0 Å². The molecule has 0 aliphatic rings. The van der Waals surface area contributed by atoms with Crippen LogP contribution in [0.3, 0.4) is 0 Å². The quantitative estimate of drug-likeness (QED) is 0.145. The third kappa shape index (κ3) is 7.04. The number of hydrogen-bond donors (Lipinski definition) is 0. The van der Waals surface area contributed by atoms with Crippen molar-refractivity contribution in [1.29, 1.82) is 0 Å². The van der Waals surface area contributed by atoms with E-state index in [0.29, 0.717) is 0 Å². The number of nitrogens with zero attached hydrogens (tertiary/aromatic N) is 1. The van der Waals surface area contributed by atoms with E-state index < -0.39 is 0 Å². The van der Waals surface area contributed by atoms with Crippen molar-refractivity contribution in [2.75, 3.05) is 4.90 Å². The van der Waals surface area contributed by atoms with Crippen molar-refractivity contribution in [1.82, 2.24) is 0 Å². The zero-order valence-electron chi connectivity index (χ0n) is 34.0. The SMILES string of the molecule is c1ccc(-c2ccc(N(c3ccc(-c4ccc(-c5cccc(-c6oc7ccccc7c6-c6ccccc6)c5)cc4)cc3)c3ccc(-c4cccc5ccccc45)cc3)cc2)cc1. The fourth-order valence-electron chi connectivity index (χ4n) is 8.79. The smallest absolute Gasteiger partial charge is 0.143 e. The maximum atomic E-state index is 6.55. The van der Waals surface area contributed by atoms with Crippen LogP contribution >= 0.6 is 0 Å². The molecule has 0 unspecified atom stereocenters. The van der Waals surface area contributed by atoms with Crippen LogP contribution in [0.15, 0.2) is 253 Å². The molecule has 10 aromatic carbocycles. The Morgan fingerprint density at radius 2 is 0.694 bits per heavy atom. The second-order valence-electron chi connectivity index (χ2n) is 15.7. The second kappa shape index (κ2) is 16.1. The molecular weight excluding hydrogens is 751 g/mol. The molecule has 0 spiro atoms. The Kier molecular flexibility index (Phi) is 9.57. The predicted molar refractivity (Wildman–Crippen MR) is 261 cm³/mol. The zero-order chi connectivity index (χ0) is 41.2. The normalized spacial score (nSPS) is 11.2. The molecule has 0 aliphatic carbocycles. The summed E-state index contributed by atoms with van der Waals surface area (Å²) in [5.41, 5.74) is 17.0. The highest BCUT2D eigenvalue weighted by Crippen LogP contribution is 2.42. The molecule has 11 aromatic rings. The van der Waals surface area contributed by atoms with Gasteiger partial charge in [-0.25, -0.2) is 0 Å². The van der Waals surface area contributed by atoms with Gasteiger partial charge in [-0.2, -0.15) is 0 Å². The van der Waals surface area contributed by atoms with Crippen LogP contribution in [0.5, 0.6) is 0 Å². The second-order valence-corrected chi connectivity index (χ2v) is 15.7. The van der Waals surface area contributed by atoms with Crippen molar-refractivity contribution >= 4 is 38.8 Å². The van der Waals surface area contributed by atoms with Crippen LogP contribution in [0.1, 0.15) is 0 Å². The van der Waals surface area contributed by atoms with E-state index in [4.69, 9.17) is 4.42 Å². The molecule has 2 heteroatoms. The number of anilines is 3. The first kappa shape index (κ1) is 36.8.